The van der Waals surface area contributed by atoms with Gasteiger partial charge < -0.3 is 10.1 Å². The van der Waals surface area contributed by atoms with Gasteiger partial charge in [0.1, 0.15) is 5.75 Å². The zero-order chi connectivity index (χ0) is 16.6. The summed E-state index contributed by atoms with van der Waals surface area (Å²) in [6.45, 7) is 0.424. The molecule has 0 radical (unpaired) electrons. The van der Waals surface area contributed by atoms with E-state index in [1.54, 1.807) is 11.3 Å². The van der Waals surface area contributed by atoms with Crippen LogP contribution in [0.4, 0.5) is 0 Å². The summed E-state index contributed by atoms with van der Waals surface area (Å²) in [5.74, 6) is 0.530. The average molecular weight is 338 g/mol. The summed E-state index contributed by atoms with van der Waals surface area (Å²) in [5.41, 5.74) is 2.11. The first-order valence-corrected chi connectivity index (χ1v) is 8.59. The Hall–Kier alpha value is -2.66. The lowest BCUT2D eigenvalue weighted by molar-refractivity contribution is -0.123. The SMILES string of the molecule is O=C(COc1ccccc1)NCc1csc(Cc2ccccc2)n1. The predicted octanol–water partition coefficient (Wildman–Crippen LogP) is 3.43. The maximum absolute atomic E-state index is 11.8. The number of hydrogen-bond acceptors (Lipinski definition) is 4. The van der Waals surface area contributed by atoms with Crippen molar-refractivity contribution in [2.45, 2.75) is 13.0 Å². The van der Waals surface area contributed by atoms with E-state index in [4.69, 9.17) is 4.74 Å². The van der Waals surface area contributed by atoms with Crippen molar-refractivity contribution in [2.24, 2.45) is 0 Å². The van der Waals surface area contributed by atoms with Crippen LogP contribution in [-0.4, -0.2) is 17.5 Å². The predicted molar refractivity (Wildman–Crippen MR) is 95.1 cm³/mol. The van der Waals surface area contributed by atoms with Crippen molar-refractivity contribution in [1.82, 2.24) is 10.3 Å². The van der Waals surface area contributed by atoms with Crippen molar-refractivity contribution in [1.29, 1.82) is 0 Å². The van der Waals surface area contributed by atoms with Crippen LogP contribution in [0.5, 0.6) is 5.75 Å². The molecule has 0 aliphatic carbocycles. The highest BCUT2D eigenvalue weighted by atomic mass is 32.1. The molecule has 0 fully saturated rings. The molecule has 4 nitrogen and oxygen atoms in total. The number of carbonyl (C=O) groups excluding carboxylic acids is 1. The van der Waals surface area contributed by atoms with Gasteiger partial charge in [-0.2, -0.15) is 0 Å². The minimum absolute atomic E-state index is 0.00498. The van der Waals surface area contributed by atoms with Gasteiger partial charge in [-0.3, -0.25) is 4.79 Å². The number of ether oxygens (including phenoxy) is 1. The van der Waals surface area contributed by atoms with Crippen LogP contribution in [0.2, 0.25) is 0 Å². The molecule has 3 rings (SSSR count). The van der Waals surface area contributed by atoms with Crippen molar-refractivity contribution < 1.29 is 9.53 Å². The zero-order valence-electron chi connectivity index (χ0n) is 13.1. The van der Waals surface area contributed by atoms with E-state index < -0.39 is 0 Å². The summed E-state index contributed by atoms with van der Waals surface area (Å²) in [4.78, 5) is 16.4. The maximum atomic E-state index is 11.8. The molecule has 0 atom stereocenters. The number of thiazole rings is 1. The minimum atomic E-state index is -0.156. The lowest BCUT2D eigenvalue weighted by Crippen LogP contribution is -2.28. The van der Waals surface area contributed by atoms with Crippen LogP contribution < -0.4 is 10.1 Å². The Morgan fingerprint density at radius 2 is 1.75 bits per heavy atom. The molecule has 0 saturated carbocycles. The first-order chi connectivity index (χ1) is 11.8. The first kappa shape index (κ1) is 16.2. The first-order valence-electron chi connectivity index (χ1n) is 7.71. The van der Waals surface area contributed by atoms with Gasteiger partial charge in [0.15, 0.2) is 6.61 Å². The topological polar surface area (TPSA) is 51.2 Å². The molecule has 0 aliphatic rings. The Balaban J connectivity index is 1.44. The highest BCUT2D eigenvalue weighted by molar-refractivity contribution is 7.09. The van der Waals surface area contributed by atoms with Gasteiger partial charge in [-0.25, -0.2) is 4.98 Å². The van der Waals surface area contributed by atoms with Crippen LogP contribution >= 0.6 is 11.3 Å². The number of hydrogen-bond donors (Lipinski definition) is 1. The third-order valence-corrected chi connectivity index (χ3v) is 4.27. The van der Waals surface area contributed by atoms with Crippen molar-refractivity contribution >= 4 is 17.2 Å². The highest BCUT2D eigenvalue weighted by Gasteiger charge is 2.06. The van der Waals surface area contributed by atoms with E-state index in [1.165, 1.54) is 5.56 Å². The maximum Gasteiger partial charge on any atom is 0.258 e. The number of aromatic nitrogens is 1. The number of amides is 1. The standard InChI is InChI=1S/C19H18N2O2S/c22-18(13-23-17-9-5-2-6-10-17)20-12-16-14-24-19(21-16)11-15-7-3-1-4-8-15/h1-10,14H,11-13H2,(H,20,22). The summed E-state index contributed by atoms with van der Waals surface area (Å²) in [6.07, 6.45) is 0.816. The molecule has 1 heterocycles. The minimum Gasteiger partial charge on any atom is -0.484 e. The fraction of sp³-hybridized carbons (Fsp3) is 0.158. The third kappa shape index (κ3) is 4.93. The molecule has 0 spiro atoms. The number of nitrogens with one attached hydrogen (secondary N) is 1. The zero-order valence-corrected chi connectivity index (χ0v) is 14.0. The van der Waals surface area contributed by atoms with Gasteiger partial charge in [0.2, 0.25) is 0 Å². The molecular weight excluding hydrogens is 320 g/mol. The Morgan fingerprint density at radius 3 is 2.50 bits per heavy atom. The van der Waals surface area contributed by atoms with Gasteiger partial charge >= 0.3 is 0 Å². The summed E-state index contributed by atoms with van der Waals surface area (Å²) < 4.78 is 5.41. The van der Waals surface area contributed by atoms with E-state index in [2.05, 4.69) is 22.4 Å². The van der Waals surface area contributed by atoms with Gasteiger partial charge in [-0.05, 0) is 17.7 Å². The van der Waals surface area contributed by atoms with Crippen LogP contribution in [-0.2, 0) is 17.8 Å². The van der Waals surface area contributed by atoms with E-state index in [0.29, 0.717) is 12.3 Å². The van der Waals surface area contributed by atoms with Gasteiger partial charge in [0.05, 0.1) is 17.2 Å². The lowest BCUT2D eigenvalue weighted by Gasteiger charge is -2.06. The number of benzene rings is 2. The molecule has 2 aromatic carbocycles. The highest BCUT2D eigenvalue weighted by Crippen LogP contribution is 2.14. The molecule has 1 N–H and O–H groups in total. The van der Waals surface area contributed by atoms with Gasteiger partial charge in [-0.1, -0.05) is 48.5 Å². The van der Waals surface area contributed by atoms with Crippen LogP contribution in [0.1, 0.15) is 16.3 Å². The normalized spacial score (nSPS) is 10.3. The molecule has 122 valence electrons. The monoisotopic (exact) mass is 338 g/mol. The van der Waals surface area contributed by atoms with Crippen LogP contribution in [0, 0.1) is 0 Å². The fourth-order valence-electron chi connectivity index (χ4n) is 2.19. The van der Waals surface area contributed by atoms with E-state index in [0.717, 1.165) is 17.1 Å². The van der Waals surface area contributed by atoms with Crippen molar-refractivity contribution in [3.63, 3.8) is 0 Å². The Bertz CT molecular complexity index is 772. The molecule has 0 bridgehead atoms. The van der Waals surface area contributed by atoms with Crippen molar-refractivity contribution in [3.8, 4) is 5.75 Å². The van der Waals surface area contributed by atoms with Crippen LogP contribution in [0.3, 0.4) is 0 Å². The van der Waals surface area contributed by atoms with Gasteiger partial charge in [0.25, 0.3) is 5.91 Å². The second kappa shape index (κ2) is 8.26. The quantitative estimate of drug-likeness (QED) is 0.718. The largest absolute Gasteiger partial charge is 0.484 e. The Kier molecular flexibility index (Phi) is 5.58. The molecule has 1 aromatic heterocycles. The number of rotatable bonds is 7. The van der Waals surface area contributed by atoms with E-state index in [-0.39, 0.29) is 12.5 Å². The third-order valence-electron chi connectivity index (χ3n) is 3.38. The summed E-state index contributed by atoms with van der Waals surface area (Å²) >= 11 is 1.61. The molecule has 0 aliphatic heterocycles. The molecule has 3 aromatic rings. The van der Waals surface area contributed by atoms with Crippen molar-refractivity contribution in [3.05, 3.63) is 82.3 Å². The van der Waals surface area contributed by atoms with E-state index in [9.17, 15) is 4.79 Å². The van der Waals surface area contributed by atoms with Crippen LogP contribution in [0.25, 0.3) is 0 Å². The number of carbonyl (C=O) groups is 1. The molecule has 0 unspecified atom stereocenters. The summed E-state index contributed by atoms with van der Waals surface area (Å²) in [5, 5.41) is 5.86. The molecule has 5 heteroatoms. The second-order valence-corrected chi connectivity index (χ2v) is 6.22. The Morgan fingerprint density at radius 1 is 1.04 bits per heavy atom. The smallest absolute Gasteiger partial charge is 0.258 e. The molecular formula is C19H18N2O2S. The molecule has 1 amide bonds. The lowest BCUT2D eigenvalue weighted by atomic mass is 10.2. The number of para-hydroxylation sites is 1. The van der Waals surface area contributed by atoms with E-state index in [1.807, 2.05) is 53.9 Å². The second-order valence-electron chi connectivity index (χ2n) is 5.27. The average Bonchev–Trinajstić information content (AvgIpc) is 3.07. The molecule has 0 saturated heterocycles. The van der Waals surface area contributed by atoms with Crippen molar-refractivity contribution in [2.75, 3.05) is 6.61 Å². The number of nitrogens with zero attached hydrogens (tertiary/aromatic N) is 1. The van der Waals surface area contributed by atoms with Crippen LogP contribution in [0.15, 0.2) is 66.0 Å². The van der Waals surface area contributed by atoms with Gasteiger partial charge in [0, 0.05) is 11.8 Å². The van der Waals surface area contributed by atoms with Gasteiger partial charge in [-0.15, -0.1) is 11.3 Å². The fourth-order valence-corrected chi connectivity index (χ4v) is 3.02. The summed E-state index contributed by atoms with van der Waals surface area (Å²) in [7, 11) is 0. The molecule has 24 heavy (non-hydrogen) atoms. The summed E-state index contributed by atoms with van der Waals surface area (Å²) in [6, 6.07) is 19.5. The Labute approximate surface area is 145 Å². The van der Waals surface area contributed by atoms with E-state index >= 15 is 0 Å².